The minimum atomic E-state index is -0.252. The van der Waals surface area contributed by atoms with E-state index in [0.29, 0.717) is 6.04 Å². The highest BCUT2D eigenvalue weighted by Crippen LogP contribution is 2.38. The van der Waals surface area contributed by atoms with Crippen LogP contribution in [0.3, 0.4) is 0 Å². The molecule has 1 fully saturated rings. The Bertz CT molecular complexity index is 469. The minimum absolute atomic E-state index is 0.130. The molecule has 1 aliphatic heterocycles. The Balaban J connectivity index is 2.09. The Morgan fingerprint density at radius 2 is 1.48 bits per heavy atom. The predicted octanol–water partition coefficient (Wildman–Crippen LogP) is 4.03. The first kappa shape index (κ1) is 18.5. The van der Waals surface area contributed by atoms with Gasteiger partial charge in [0.15, 0.2) is 0 Å². The number of likely N-dealkylation sites (N-methyl/N-ethyl adjacent to an activating group) is 1. The van der Waals surface area contributed by atoms with Crippen LogP contribution in [0, 0.1) is 0 Å². The molecule has 1 heterocycles. The third-order valence-corrected chi connectivity index (χ3v) is 5.41. The molecule has 1 saturated heterocycles. The molecule has 0 aromatic heterocycles. The molecular formula is C19H32BNO2. The normalized spacial score (nSPS) is 20.9. The second-order valence-corrected chi connectivity index (χ2v) is 7.49. The van der Waals surface area contributed by atoms with Crippen LogP contribution in [0.25, 0.3) is 0 Å². The van der Waals surface area contributed by atoms with Crippen molar-refractivity contribution in [2.75, 3.05) is 13.1 Å². The molecule has 1 aromatic rings. The fraction of sp³-hybridized carbons (Fsp3) is 0.684. The molecular weight excluding hydrogens is 285 g/mol. The van der Waals surface area contributed by atoms with Crippen molar-refractivity contribution in [3.8, 4) is 0 Å². The third kappa shape index (κ3) is 4.37. The minimum Gasteiger partial charge on any atom is -0.403 e. The summed E-state index contributed by atoms with van der Waals surface area (Å²) in [5.74, 6) is 0. The fourth-order valence-corrected chi connectivity index (χ4v) is 3.27. The third-order valence-electron chi connectivity index (χ3n) is 5.41. The van der Waals surface area contributed by atoms with Crippen LogP contribution in [0.2, 0.25) is 6.32 Å². The van der Waals surface area contributed by atoms with E-state index in [1.807, 2.05) is 0 Å². The van der Waals surface area contributed by atoms with E-state index in [1.165, 1.54) is 5.56 Å². The van der Waals surface area contributed by atoms with E-state index >= 15 is 0 Å². The zero-order valence-electron chi connectivity index (χ0n) is 15.6. The second-order valence-electron chi connectivity index (χ2n) is 7.49. The van der Waals surface area contributed by atoms with E-state index in [9.17, 15) is 0 Å². The number of benzene rings is 1. The molecule has 4 heteroatoms. The maximum atomic E-state index is 6.22. The first-order valence-electron chi connectivity index (χ1n) is 8.92. The van der Waals surface area contributed by atoms with Crippen molar-refractivity contribution >= 4 is 7.12 Å². The number of hydrogen-bond donors (Lipinski definition) is 0. The smallest absolute Gasteiger partial charge is 0.403 e. The highest BCUT2D eigenvalue weighted by Gasteiger charge is 2.51. The lowest BCUT2D eigenvalue weighted by Gasteiger charge is -2.32. The van der Waals surface area contributed by atoms with E-state index in [-0.39, 0.29) is 18.3 Å². The number of nitrogens with zero attached hydrogens (tertiary/aromatic N) is 1. The van der Waals surface area contributed by atoms with Crippen molar-refractivity contribution in [3.63, 3.8) is 0 Å². The fourth-order valence-electron chi connectivity index (χ4n) is 3.27. The largest absolute Gasteiger partial charge is 0.459 e. The van der Waals surface area contributed by atoms with Crippen LogP contribution in [-0.4, -0.2) is 42.4 Å². The topological polar surface area (TPSA) is 21.7 Å². The Morgan fingerprint density at radius 3 is 1.96 bits per heavy atom. The Kier molecular flexibility index (Phi) is 5.93. The summed E-state index contributed by atoms with van der Waals surface area (Å²) in [4.78, 5) is 2.51. The van der Waals surface area contributed by atoms with Crippen LogP contribution in [-0.2, 0) is 15.7 Å². The maximum Gasteiger partial charge on any atom is 0.459 e. The summed E-state index contributed by atoms with van der Waals surface area (Å²) in [6.45, 7) is 15.0. The van der Waals surface area contributed by atoms with Gasteiger partial charge in [0.05, 0.1) is 11.2 Å². The van der Waals surface area contributed by atoms with Gasteiger partial charge in [-0.1, -0.05) is 44.2 Å². The summed E-state index contributed by atoms with van der Waals surface area (Å²) in [5.41, 5.74) is 0.872. The van der Waals surface area contributed by atoms with Gasteiger partial charge in [-0.3, -0.25) is 0 Å². The van der Waals surface area contributed by atoms with E-state index < -0.39 is 0 Å². The lowest BCUT2D eigenvalue weighted by molar-refractivity contribution is 0.00578. The van der Waals surface area contributed by atoms with Crippen molar-refractivity contribution < 1.29 is 9.31 Å². The molecule has 2 rings (SSSR count). The summed E-state index contributed by atoms with van der Waals surface area (Å²) in [5, 5.41) is 0. The van der Waals surface area contributed by atoms with Crippen molar-refractivity contribution in [2.45, 2.75) is 71.5 Å². The van der Waals surface area contributed by atoms with Crippen LogP contribution >= 0.6 is 0 Å². The van der Waals surface area contributed by atoms with Crippen LogP contribution in [0.5, 0.6) is 0 Å². The second kappa shape index (κ2) is 7.37. The molecule has 1 atom stereocenters. The summed E-state index contributed by atoms with van der Waals surface area (Å²) >= 11 is 0. The molecule has 0 saturated carbocycles. The maximum absolute atomic E-state index is 6.22. The summed E-state index contributed by atoms with van der Waals surface area (Å²) in [6.07, 6.45) is 1.94. The van der Waals surface area contributed by atoms with E-state index in [4.69, 9.17) is 9.31 Å². The average molecular weight is 317 g/mol. The summed E-state index contributed by atoms with van der Waals surface area (Å²) in [6, 6.07) is 11.2. The van der Waals surface area contributed by atoms with Gasteiger partial charge >= 0.3 is 7.12 Å². The Morgan fingerprint density at radius 1 is 0.957 bits per heavy atom. The van der Waals surface area contributed by atoms with Crippen molar-refractivity contribution in [1.29, 1.82) is 0 Å². The van der Waals surface area contributed by atoms with Gasteiger partial charge in [-0.25, -0.2) is 0 Å². The number of hydrogen-bond acceptors (Lipinski definition) is 3. The molecule has 1 aromatic carbocycles. The van der Waals surface area contributed by atoms with Gasteiger partial charge in [0, 0.05) is 6.04 Å². The van der Waals surface area contributed by atoms with Gasteiger partial charge in [0.1, 0.15) is 0 Å². The molecule has 1 aliphatic rings. The predicted molar refractivity (Wildman–Crippen MR) is 97.7 cm³/mol. The van der Waals surface area contributed by atoms with Gasteiger partial charge in [0.25, 0.3) is 0 Å². The Hall–Kier alpha value is -0.835. The molecule has 3 nitrogen and oxygen atoms in total. The van der Waals surface area contributed by atoms with Crippen molar-refractivity contribution in [3.05, 3.63) is 35.9 Å². The standard InChI is InChI=1S/C19H32BNO2/c1-7-21(8-2)17(14-16-12-10-9-11-13-16)15-20-22-18(3,4)19(5,6)23-20/h9-13,17H,7-8,14-15H2,1-6H3. The van der Waals surface area contributed by atoms with E-state index in [1.54, 1.807) is 0 Å². The van der Waals surface area contributed by atoms with Gasteiger partial charge in [-0.2, -0.15) is 0 Å². The molecule has 0 bridgehead atoms. The first-order chi connectivity index (χ1) is 10.8. The van der Waals surface area contributed by atoms with Gasteiger partial charge in [0.2, 0.25) is 0 Å². The zero-order valence-corrected chi connectivity index (χ0v) is 15.6. The Labute approximate surface area is 142 Å². The first-order valence-corrected chi connectivity index (χ1v) is 8.92. The SMILES string of the molecule is CCN(CC)C(CB1OC(C)(C)C(C)(C)O1)Cc1ccccc1. The van der Waals surface area contributed by atoms with Crippen LogP contribution < -0.4 is 0 Å². The zero-order chi connectivity index (χ0) is 17.1. The van der Waals surface area contributed by atoms with Crippen molar-refractivity contribution in [2.24, 2.45) is 0 Å². The molecule has 1 unspecified atom stereocenters. The molecule has 0 aliphatic carbocycles. The monoisotopic (exact) mass is 317 g/mol. The van der Waals surface area contributed by atoms with Crippen LogP contribution in [0.1, 0.15) is 47.1 Å². The molecule has 23 heavy (non-hydrogen) atoms. The molecule has 0 spiro atoms. The van der Waals surface area contributed by atoms with Gasteiger partial charge < -0.3 is 14.2 Å². The lowest BCUT2D eigenvalue weighted by Crippen LogP contribution is -2.41. The van der Waals surface area contributed by atoms with E-state index in [0.717, 1.165) is 25.8 Å². The summed E-state index contributed by atoms with van der Waals surface area (Å²) < 4.78 is 12.4. The summed E-state index contributed by atoms with van der Waals surface area (Å²) in [7, 11) is -0.130. The van der Waals surface area contributed by atoms with E-state index in [2.05, 4.69) is 76.8 Å². The molecule has 0 amide bonds. The van der Waals surface area contributed by atoms with Gasteiger partial charge in [-0.05, 0) is 59.1 Å². The lowest BCUT2D eigenvalue weighted by atomic mass is 9.78. The van der Waals surface area contributed by atoms with Crippen LogP contribution in [0.15, 0.2) is 30.3 Å². The van der Waals surface area contributed by atoms with Gasteiger partial charge in [-0.15, -0.1) is 0 Å². The molecule has 0 N–H and O–H groups in total. The van der Waals surface area contributed by atoms with Crippen LogP contribution in [0.4, 0.5) is 0 Å². The highest BCUT2D eigenvalue weighted by molar-refractivity contribution is 6.45. The highest BCUT2D eigenvalue weighted by atomic mass is 16.7. The molecule has 0 radical (unpaired) electrons. The average Bonchev–Trinajstić information content (AvgIpc) is 2.68. The number of rotatable bonds is 7. The quantitative estimate of drug-likeness (QED) is 0.709. The molecule has 128 valence electrons. The van der Waals surface area contributed by atoms with Crippen molar-refractivity contribution in [1.82, 2.24) is 4.90 Å².